The van der Waals surface area contributed by atoms with Crippen LogP contribution in [0.2, 0.25) is 0 Å². The van der Waals surface area contributed by atoms with Gasteiger partial charge in [0, 0.05) is 11.6 Å². The van der Waals surface area contributed by atoms with Crippen LogP contribution in [0.4, 0.5) is 8.78 Å². The fourth-order valence-corrected chi connectivity index (χ4v) is 1.36. The molecule has 0 saturated carbocycles. The smallest absolute Gasteiger partial charge is 0.162 e. The molecule has 0 saturated heterocycles. The maximum Gasteiger partial charge on any atom is 0.162 e. The quantitative estimate of drug-likeness (QED) is 0.727. The first-order valence-corrected chi connectivity index (χ1v) is 4.97. The number of hydrogen-bond acceptors (Lipinski definition) is 1. The highest BCUT2D eigenvalue weighted by Crippen LogP contribution is 2.32. The molecule has 0 fully saturated rings. The van der Waals surface area contributed by atoms with Gasteiger partial charge in [-0.3, -0.25) is 0 Å². The summed E-state index contributed by atoms with van der Waals surface area (Å²) in [5.41, 5.74) is 3.72. The summed E-state index contributed by atoms with van der Waals surface area (Å²) in [4.78, 5) is 0. The first kappa shape index (κ1) is 13.6. The topological polar surface area (TPSA) is 26.0 Å². The number of hydrogen-bond donors (Lipinski definition) is 1. The molecule has 4 heteroatoms. The molecule has 14 heavy (non-hydrogen) atoms. The number of nitrogens with two attached hydrogens (primary N) is 1. The van der Waals surface area contributed by atoms with Gasteiger partial charge in [0.05, 0.1) is 0 Å². The molecule has 0 bridgehead atoms. The van der Waals surface area contributed by atoms with Crippen LogP contribution in [0.1, 0.15) is 20.8 Å². The normalized spacial score (nSPS) is 31.2. The lowest BCUT2D eigenvalue weighted by Crippen LogP contribution is -2.31. The zero-order valence-electron chi connectivity index (χ0n) is 8.65. The molecule has 82 valence electrons. The van der Waals surface area contributed by atoms with Gasteiger partial charge in [0.15, 0.2) is 11.8 Å². The predicted molar refractivity (Wildman–Crippen MR) is 56.8 cm³/mol. The van der Waals surface area contributed by atoms with Crippen molar-refractivity contribution in [1.29, 1.82) is 0 Å². The Morgan fingerprint density at radius 2 is 2.07 bits per heavy atom. The summed E-state index contributed by atoms with van der Waals surface area (Å²) in [7, 11) is 0. The first-order chi connectivity index (χ1) is 6.47. The molecule has 1 unspecified atom stereocenters. The average molecular weight is 224 g/mol. The zero-order valence-corrected chi connectivity index (χ0v) is 9.41. The maximum absolute atomic E-state index is 13.2. The second-order valence-corrected chi connectivity index (χ2v) is 3.35. The van der Waals surface area contributed by atoms with Crippen molar-refractivity contribution in [2.45, 2.75) is 32.6 Å². The molecule has 0 radical (unpaired) electrons. The minimum absolute atomic E-state index is 0.131. The second-order valence-electron chi connectivity index (χ2n) is 2.94. The molecule has 2 atom stereocenters. The SMILES string of the molecule is CC.C[C@]1(F)C=C(Cl)C(CN)=CC1F. The molecule has 0 aromatic heterocycles. The summed E-state index contributed by atoms with van der Waals surface area (Å²) in [5.74, 6) is 0. The van der Waals surface area contributed by atoms with Crippen LogP contribution >= 0.6 is 11.6 Å². The van der Waals surface area contributed by atoms with Gasteiger partial charge < -0.3 is 5.73 Å². The van der Waals surface area contributed by atoms with E-state index in [4.69, 9.17) is 17.3 Å². The van der Waals surface area contributed by atoms with E-state index in [-0.39, 0.29) is 11.6 Å². The highest BCUT2D eigenvalue weighted by Gasteiger charge is 2.34. The molecule has 1 aliphatic rings. The summed E-state index contributed by atoms with van der Waals surface area (Å²) in [6.07, 6.45) is 0.530. The van der Waals surface area contributed by atoms with Crippen molar-refractivity contribution in [3.8, 4) is 0 Å². The predicted octanol–water partition coefficient (Wildman–Crippen LogP) is 3.10. The van der Waals surface area contributed by atoms with Gasteiger partial charge in [-0.2, -0.15) is 0 Å². The van der Waals surface area contributed by atoms with Gasteiger partial charge in [-0.1, -0.05) is 25.4 Å². The van der Waals surface area contributed by atoms with Crippen molar-refractivity contribution in [2.24, 2.45) is 5.73 Å². The minimum atomic E-state index is -2.00. The number of allylic oxidation sites excluding steroid dienone is 2. The van der Waals surface area contributed by atoms with Gasteiger partial charge in [0.25, 0.3) is 0 Å². The highest BCUT2D eigenvalue weighted by molar-refractivity contribution is 6.32. The van der Waals surface area contributed by atoms with Crippen LogP contribution in [0, 0.1) is 0 Å². The minimum Gasteiger partial charge on any atom is -0.326 e. The third kappa shape index (κ3) is 3.07. The van der Waals surface area contributed by atoms with Gasteiger partial charge in [0.1, 0.15) is 0 Å². The zero-order chi connectivity index (χ0) is 11.4. The van der Waals surface area contributed by atoms with Gasteiger partial charge in [0.2, 0.25) is 0 Å². The van der Waals surface area contributed by atoms with E-state index in [9.17, 15) is 8.78 Å². The van der Waals surface area contributed by atoms with Gasteiger partial charge in [-0.25, -0.2) is 8.78 Å². The molecular weight excluding hydrogens is 208 g/mol. The van der Waals surface area contributed by atoms with E-state index in [0.717, 1.165) is 19.1 Å². The number of alkyl halides is 2. The van der Waals surface area contributed by atoms with Crippen LogP contribution < -0.4 is 5.73 Å². The molecule has 0 aromatic carbocycles. The largest absolute Gasteiger partial charge is 0.326 e. The van der Waals surface area contributed by atoms with Crippen molar-refractivity contribution in [1.82, 2.24) is 0 Å². The fraction of sp³-hybridized carbons (Fsp3) is 0.600. The van der Waals surface area contributed by atoms with E-state index in [1.54, 1.807) is 0 Å². The Balaban J connectivity index is 0.000000791. The Morgan fingerprint density at radius 1 is 1.57 bits per heavy atom. The third-order valence-corrected chi connectivity index (χ3v) is 2.17. The number of halogens is 3. The van der Waals surface area contributed by atoms with Crippen LogP contribution in [-0.4, -0.2) is 18.4 Å². The van der Waals surface area contributed by atoms with Crippen LogP contribution in [0.5, 0.6) is 0 Å². The summed E-state index contributed by atoms with van der Waals surface area (Å²) in [6.45, 7) is 5.27. The lowest BCUT2D eigenvalue weighted by Gasteiger charge is -2.24. The van der Waals surface area contributed by atoms with E-state index >= 15 is 0 Å². The maximum atomic E-state index is 13.2. The molecular formula is C10H16ClF2N. The van der Waals surface area contributed by atoms with Gasteiger partial charge >= 0.3 is 0 Å². The lowest BCUT2D eigenvalue weighted by molar-refractivity contribution is 0.143. The summed E-state index contributed by atoms with van der Waals surface area (Å²) >= 11 is 5.64. The van der Waals surface area contributed by atoms with Gasteiger partial charge in [-0.05, 0) is 24.6 Å². The van der Waals surface area contributed by atoms with Gasteiger partial charge in [-0.15, -0.1) is 0 Å². The molecule has 0 spiro atoms. The number of rotatable bonds is 1. The highest BCUT2D eigenvalue weighted by atomic mass is 35.5. The lowest BCUT2D eigenvalue weighted by atomic mass is 9.93. The average Bonchev–Trinajstić information content (AvgIpc) is 2.14. The Kier molecular flexibility index (Phi) is 5.31. The molecule has 1 nitrogen and oxygen atoms in total. The summed E-state index contributed by atoms with van der Waals surface area (Å²) in [6, 6.07) is 0. The van der Waals surface area contributed by atoms with Crippen LogP contribution in [-0.2, 0) is 0 Å². The van der Waals surface area contributed by atoms with Crippen molar-refractivity contribution in [3.05, 3.63) is 22.8 Å². The van der Waals surface area contributed by atoms with E-state index in [1.807, 2.05) is 13.8 Å². The summed E-state index contributed by atoms with van der Waals surface area (Å²) in [5, 5.41) is 0.205. The Morgan fingerprint density at radius 3 is 2.50 bits per heavy atom. The summed E-state index contributed by atoms with van der Waals surface area (Å²) < 4.78 is 26.2. The molecule has 0 aliphatic heterocycles. The monoisotopic (exact) mass is 223 g/mol. The van der Waals surface area contributed by atoms with Crippen molar-refractivity contribution in [3.63, 3.8) is 0 Å². The van der Waals surface area contributed by atoms with Crippen LogP contribution in [0.15, 0.2) is 22.8 Å². The molecule has 2 N–H and O–H groups in total. The van der Waals surface area contributed by atoms with Crippen molar-refractivity contribution in [2.75, 3.05) is 6.54 Å². The van der Waals surface area contributed by atoms with E-state index in [0.29, 0.717) is 5.57 Å². The standard InChI is InChI=1S/C8H10ClF2N.C2H6/c1-8(11)3-6(9)5(4-12)2-7(8)10;1-2/h2-3,7H,4,12H2,1H3;1-2H3/t7?,8-;/m0./s1. The second kappa shape index (κ2) is 5.47. The van der Waals surface area contributed by atoms with Crippen LogP contribution in [0.3, 0.4) is 0 Å². The van der Waals surface area contributed by atoms with E-state index in [1.165, 1.54) is 0 Å². The molecule has 1 aliphatic carbocycles. The molecule has 0 aromatic rings. The van der Waals surface area contributed by atoms with E-state index in [2.05, 4.69) is 0 Å². The molecule has 1 rings (SSSR count). The van der Waals surface area contributed by atoms with E-state index < -0.39 is 11.8 Å². The Hall–Kier alpha value is -0.410. The molecule has 0 heterocycles. The fourth-order valence-electron chi connectivity index (χ4n) is 1.00. The molecule has 0 amide bonds. The first-order valence-electron chi connectivity index (χ1n) is 4.60. The Labute approximate surface area is 88.6 Å². The van der Waals surface area contributed by atoms with Crippen LogP contribution in [0.25, 0.3) is 0 Å². The van der Waals surface area contributed by atoms with Crippen molar-refractivity contribution >= 4 is 11.6 Å². The Bertz CT molecular complexity index is 247. The van der Waals surface area contributed by atoms with Crippen molar-refractivity contribution < 1.29 is 8.78 Å². The third-order valence-electron chi connectivity index (χ3n) is 1.82.